The Morgan fingerprint density at radius 2 is 2.05 bits per heavy atom. The summed E-state index contributed by atoms with van der Waals surface area (Å²) in [5.41, 5.74) is 2.35. The van der Waals surface area contributed by atoms with Gasteiger partial charge in [-0.15, -0.1) is 0 Å². The van der Waals surface area contributed by atoms with Gasteiger partial charge in [0.1, 0.15) is 0 Å². The molecule has 2 aromatic rings. The van der Waals surface area contributed by atoms with Crippen LogP contribution < -0.4 is 0 Å². The van der Waals surface area contributed by atoms with Crippen LogP contribution in [-0.4, -0.2) is 57.4 Å². The lowest BCUT2D eigenvalue weighted by molar-refractivity contribution is 0.148. The van der Waals surface area contributed by atoms with E-state index in [0.29, 0.717) is 24.9 Å². The van der Waals surface area contributed by atoms with Gasteiger partial charge in [-0.2, -0.15) is 5.10 Å². The molecule has 1 amide bonds. The number of nitrogens with zero attached hydrogens (tertiary/aromatic N) is 3. The first kappa shape index (κ1) is 12.6. The normalized spacial score (nSPS) is 25.6. The molecule has 6 nitrogen and oxygen atoms in total. The molecule has 6 heteroatoms. The maximum Gasteiger partial charge on any atom is 0.407 e. The maximum absolute atomic E-state index is 11.0. The Morgan fingerprint density at radius 3 is 2.76 bits per heavy atom. The Bertz CT molecular complexity index is 669. The standard InChI is InChI=1S/C15H18N4O2/c20-15(21)19-8-12-6-18(7-13(12)9-19)5-10-1-2-14-11(3-10)4-16-17-14/h1-4,12-13H,5-9H2,(H,16,17)(H,20,21). The van der Waals surface area contributed by atoms with Gasteiger partial charge in [0.05, 0.1) is 11.7 Å². The zero-order valence-corrected chi connectivity index (χ0v) is 11.7. The summed E-state index contributed by atoms with van der Waals surface area (Å²) in [4.78, 5) is 15.0. The smallest absolute Gasteiger partial charge is 0.407 e. The molecule has 2 aliphatic heterocycles. The fraction of sp³-hybridized carbons (Fsp3) is 0.467. The first-order valence-corrected chi connectivity index (χ1v) is 7.31. The van der Waals surface area contributed by atoms with E-state index in [1.54, 1.807) is 4.90 Å². The van der Waals surface area contributed by atoms with Gasteiger partial charge < -0.3 is 10.0 Å². The van der Waals surface area contributed by atoms with Gasteiger partial charge in [0.25, 0.3) is 0 Å². The molecule has 2 unspecified atom stereocenters. The molecular weight excluding hydrogens is 268 g/mol. The predicted molar refractivity (Wildman–Crippen MR) is 77.9 cm³/mol. The minimum Gasteiger partial charge on any atom is -0.465 e. The zero-order chi connectivity index (χ0) is 14.4. The van der Waals surface area contributed by atoms with Crippen LogP contribution in [0.25, 0.3) is 10.9 Å². The number of amides is 1. The monoisotopic (exact) mass is 286 g/mol. The molecule has 0 aliphatic carbocycles. The zero-order valence-electron chi connectivity index (χ0n) is 11.7. The topological polar surface area (TPSA) is 72.5 Å². The van der Waals surface area contributed by atoms with Gasteiger partial charge >= 0.3 is 6.09 Å². The van der Waals surface area contributed by atoms with E-state index in [4.69, 9.17) is 5.11 Å². The van der Waals surface area contributed by atoms with Crippen LogP contribution in [0.3, 0.4) is 0 Å². The van der Waals surface area contributed by atoms with E-state index in [0.717, 1.165) is 30.5 Å². The Morgan fingerprint density at radius 1 is 1.29 bits per heavy atom. The average molecular weight is 286 g/mol. The molecule has 21 heavy (non-hydrogen) atoms. The van der Waals surface area contributed by atoms with E-state index in [2.05, 4.69) is 33.3 Å². The summed E-state index contributed by atoms with van der Waals surface area (Å²) in [6.45, 7) is 4.31. The van der Waals surface area contributed by atoms with Crippen LogP contribution >= 0.6 is 0 Å². The molecule has 110 valence electrons. The minimum absolute atomic E-state index is 0.499. The summed E-state index contributed by atoms with van der Waals surface area (Å²) in [5, 5.41) is 17.2. The summed E-state index contributed by atoms with van der Waals surface area (Å²) < 4.78 is 0. The lowest BCUT2D eigenvalue weighted by Gasteiger charge is -2.19. The summed E-state index contributed by atoms with van der Waals surface area (Å²) in [7, 11) is 0. The highest BCUT2D eigenvalue weighted by Gasteiger charge is 2.41. The number of fused-ring (bicyclic) bond motifs is 2. The van der Waals surface area contributed by atoms with Gasteiger partial charge in [-0.1, -0.05) is 6.07 Å². The number of carbonyl (C=O) groups is 1. The van der Waals surface area contributed by atoms with Gasteiger partial charge in [0.2, 0.25) is 0 Å². The Balaban J connectivity index is 1.42. The molecule has 2 N–H and O–H groups in total. The number of benzene rings is 1. The number of hydrogen-bond donors (Lipinski definition) is 2. The van der Waals surface area contributed by atoms with E-state index in [1.165, 1.54) is 5.56 Å². The lowest BCUT2D eigenvalue weighted by atomic mass is 10.0. The summed E-state index contributed by atoms with van der Waals surface area (Å²) in [6.07, 6.45) is 1.07. The molecule has 1 aromatic carbocycles. The number of rotatable bonds is 2. The molecule has 0 saturated carbocycles. The van der Waals surface area contributed by atoms with Gasteiger partial charge in [-0.3, -0.25) is 10.00 Å². The van der Waals surface area contributed by atoms with Crippen molar-refractivity contribution >= 4 is 17.0 Å². The molecule has 1 aromatic heterocycles. The lowest BCUT2D eigenvalue weighted by Crippen LogP contribution is -2.31. The molecule has 0 radical (unpaired) electrons. The third kappa shape index (κ3) is 2.25. The van der Waals surface area contributed by atoms with Crippen molar-refractivity contribution in [2.24, 2.45) is 11.8 Å². The third-order valence-electron chi connectivity index (χ3n) is 4.74. The van der Waals surface area contributed by atoms with E-state index in [1.807, 2.05) is 6.20 Å². The van der Waals surface area contributed by atoms with E-state index < -0.39 is 6.09 Å². The van der Waals surface area contributed by atoms with Crippen LogP contribution in [0.5, 0.6) is 0 Å². The second kappa shape index (κ2) is 4.73. The molecule has 3 heterocycles. The summed E-state index contributed by atoms with van der Waals surface area (Å²) >= 11 is 0. The maximum atomic E-state index is 11.0. The van der Waals surface area contributed by atoms with Crippen molar-refractivity contribution in [3.63, 3.8) is 0 Å². The first-order valence-electron chi connectivity index (χ1n) is 7.31. The van der Waals surface area contributed by atoms with Gasteiger partial charge in [-0.05, 0) is 29.5 Å². The number of carboxylic acid groups (broad SMARTS) is 1. The van der Waals surface area contributed by atoms with Crippen molar-refractivity contribution in [3.8, 4) is 0 Å². The van der Waals surface area contributed by atoms with Crippen molar-refractivity contribution in [1.82, 2.24) is 20.0 Å². The van der Waals surface area contributed by atoms with Crippen LogP contribution in [0.4, 0.5) is 4.79 Å². The highest BCUT2D eigenvalue weighted by molar-refractivity contribution is 5.78. The molecule has 2 aliphatic rings. The third-order valence-corrected chi connectivity index (χ3v) is 4.74. The summed E-state index contributed by atoms with van der Waals surface area (Å²) in [6, 6.07) is 6.38. The van der Waals surface area contributed by atoms with Crippen LogP contribution in [0.1, 0.15) is 5.56 Å². The van der Waals surface area contributed by atoms with Gasteiger partial charge in [0, 0.05) is 38.1 Å². The molecule has 2 fully saturated rings. The van der Waals surface area contributed by atoms with Crippen LogP contribution in [0.2, 0.25) is 0 Å². The van der Waals surface area contributed by atoms with Crippen molar-refractivity contribution in [2.45, 2.75) is 6.54 Å². The van der Waals surface area contributed by atoms with Crippen LogP contribution in [0, 0.1) is 11.8 Å². The second-order valence-electron chi connectivity index (χ2n) is 6.19. The Labute approximate surface area is 122 Å². The quantitative estimate of drug-likeness (QED) is 0.879. The van der Waals surface area contributed by atoms with E-state index in [-0.39, 0.29) is 0 Å². The molecule has 0 bridgehead atoms. The first-order chi connectivity index (χ1) is 10.2. The fourth-order valence-corrected chi connectivity index (χ4v) is 3.72. The van der Waals surface area contributed by atoms with Gasteiger partial charge in [0.15, 0.2) is 0 Å². The molecular formula is C15H18N4O2. The Kier molecular flexibility index (Phi) is 2.85. The number of likely N-dealkylation sites (tertiary alicyclic amines) is 2. The largest absolute Gasteiger partial charge is 0.465 e. The number of hydrogen-bond acceptors (Lipinski definition) is 3. The van der Waals surface area contributed by atoms with Crippen molar-refractivity contribution < 1.29 is 9.90 Å². The molecule has 2 saturated heterocycles. The number of H-pyrrole nitrogens is 1. The summed E-state index contributed by atoms with van der Waals surface area (Å²) in [5.74, 6) is 0.998. The number of nitrogens with one attached hydrogen (secondary N) is 1. The SMILES string of the molecule is O=C(O)N1CC2CN(Cc3ccc4[nH]ncc4c3)CC2C1. The number of aromatic nitrogens is 2. The highest BCUT2D eigenvalue weighted by Crippen LogP contribution is 2.32. The van der Waals surface area contributed by atoms with E-state index >= 15 is 0 Å². The molecule has 2 atom stereocenters. The predicted octanol–water partition coefficient (Wildman–Crippen LogP) is 1.60. The molecule has 4 rings (SSSR count). The van der Waals surface area contributed by atoms with E-state index in [9.17, 15) is 4.79 Å². The Hall–Kier alpha value is -2.08. The van der Waals surface area contributed by atoms with Crippen molar-refractivity contribution in [1.29, 1.82) is 0 Å². The average Bonchev–Trinajstić information content (AvgIpc) is 3.11. The number of aromatic amines is 1. The van der Waals surface area contributed by atoms with Gasteiger partial charge in [-0.25, -0.2) is 4.79 Å². The molecule has 0 spiro atoms. The highest BCUT2D eigenvalue weighted by atomic mass is 16.4. The van der Waals surface area contributed by atoms with Crippen LogP contribution in [0.15, 0.2) is 24.4 Å². The second-order valence-corrected chi connectivity index (χ2v) is 6.19. The minimum atomic E-state index is -0.777. The van der Waals surface area contributed by atoms with Crippen molar-refractivity contribution in [3.05, 3.63) is 30.0 Å². The fourth-order valence-electron chi connectivity index (χ4n) is 3.72. The van der Waals surface area contributed by atoms with Crippen molar-refractivity contribution in [2.75, 3.05) is 26.2 Å². The van der Waals surface area contributed by atoms with Crippen LogP contribution in [-0.2, 0) is 6.54 Å².